The van der Waals surface area contributed by atoms with E-state index in [1.807, 2.05) is 11.6 Å². The number of aliphatic hydroxyl groups is 1. The Labute approximate surface area is 174 Å². The van der Waals surface area contributed by atoms with Crippen LogP contribution >= 0.6 is 0 Å². The number of nitrogens with one attached hydrogen (secondary N) is 1. The van der Waals surface area contributed by atoms with E-state index in [0.29, 0.717) is 5.69 Å². The van der Waals surface area contributed by atoms with Crippen LogP contribution in [0.3, 0.4) is 0 Å². The van der Waals surface area contributed by atoms with Crippen molar-refractivity contribution in [1.29, 1.82) is 0 Å². The van der Waals surface area contributed by atoms with Gasteiger partial charge in [-0.3, -0.25) is 9.48 Å². The highest BCUT2D eigenvalue weighted by Crippen LogP contribution is 2.17. The molecular weight excluding hydrogens is 364 g/mol. The lowest BCUT2D eigenvalue weighted by Crippen LogP contribution is -2.38. The summed E-state index contributed by atoms with van der Waals surface area (Å²) >= 11 is 0. The summed E-state index contributed by atoms with van der Waals surface area (Å²) in [7, 11) is 0. The number of carbonyl (C=O) groups is 1. The van der Waals surface area contributed by atoms with Crippen LogP contribution in [-0.2, 0) is 25.9 Å². The Morgan fingerprint density at radius 2 is 1.93 bits per heavy atom. The quantitative estimate of drug-likeness (QED) is 0.635. The Bertz CT molecular complexity index is 785. The molecule has 0 saturated carbocycles. The summed E-state index contributed by atoms with van der Waals surface area (Å²) in [5.74, 6) is -0.408. The summed E-state index contributed by atoms with van der Waals surface area (Å²) < 4.78 is 1.93. The zero-order valence-electron chi connectivity index (χ0n) is 18.1. The van der Waals surface area contributed by atoms with Crippen LogP contribution in [0.5, 0.6) is 0 Å². The predicted molar refractivity (Wildman–Crippen MR) is 117 cm³/mol. The highest BCUT2D eigenvalue weighted by molar-refractivity contribution is 5.92. The molecule has 6 nitrogen and oxygen atoms in total. The SMILES string of the molecule is CCCCc1c(C(N)=O)nn(CCCC)c1C.OCC1Cc2ccccc2CN1. The van der Waals surface area contributed by atoms with E-state index in [-0.39, 0.29) is 12.6 Å². The lowest BCUT2D eigenvalue weighted by Gasteiger charge is -2.24. The zero-order valence-corrected chi connectivity index (χ0v) is 18.1. The van der Waals surface area contributed by atoms with Gasteiger partial charge in [-0.2, -0.15) is 5.10 Å². The molecule has 0 aliphatic carbocycles. The van der Waals surface area contributed by atoms with Gasteiger partial charge < -0.3 is 16.2 Å². The molecule has 0 spiro atoms. The smallest absolute Gasteiger partial charge is 0.269 e. The molecule has 6 heteroatoms. The van der Waals surface area contributed by atoms with Crippen molar-refractivity contribution in [2.24, 2.45) is 5.73 Å². The second-order valence-corrected chi connectivity index (χ2v) is 7.69. The average Bonchev–Trinajstić information content (AvgIpc) is 3.06. The largest absolute Gasteiger partial charge is 0.395 e. The molecule has 2 aromatic rings. The topological polar surface area (TPSA) is 93.2 Å². The number of aryl methyl sites for hydroxylation is 1. The van der Waals surface area contributed by atoms with E-state index in [0.717, 1.165) is 62.9 Å². The van der Waals surface area contributed by atoms with Gasteiger partial charge >= 0.3 is 0 Å². The van der Waals surface area contributed by atoms with Crippen LogP contribution in [0.15, 0.2) is 24.3 Å². The molecule has 29 heavy (non-hydrogen) atoms. The molecule has 1 unspecified atom stereocenters. The van der Waals surface area contributed by atoms with E-state index in [1.165, 1.54) is 11.1 Å². The summed E-state index contributed by atoms with van der Waals surface area (Å²) in [5, 5.41) is 16.6. The van der Waals surface area contributed by atoms with Crippen molar-refractivity contribution >= 4 is 5.91 Å². The monoisotopic (exact) mass is 400 g/mol. The molecule has 0 fully saturated rings. The Morgan fingerprint density at radius 3 is 2.55 bits per heavy atom. The molecule has 1 aromatic carbocycles. The van der Waals surface area contributed by atoms with Gasteiger partial charge in [-0.25, -0.2) is 0 Å². The van der Waals surface area contributed by atoms with Crippen molar-refractivity contribution < 1.29 is 9.90 Å². The van der Waals surface area contributed by atoms with Gasteiger partial charge in [-0.1, -0.05) is 51.0 Å². The maximum atomic E-state index is 11.4. The van der Waals surface area contributed by atoms with Crippen LogP contribution in [0.2, 0.25) is 0 Å². The number of unbranched alkanes of at least 4 members (excludes halogenated alkanes) is 2. The van der Waals surface area contributed by atoms with Gasteiger partial charge in [0.15, 0.2) is 5.69 Å². The molecule has 1 amide bonds. The maximum Gasteiger partial charge on any atom is 0.269 e. The summed E-state index contributed by atoms with van der Waals surface area (Å²) in [6.07, 6.45) is 6.22. The molecule has 1 aliphatic rings. The standard InChI is InChI=1S/C13H23N3O.C10H13NO/c1-4-6-8-11-10(3)16(9-7-5-2)15-12(11)13(14)17;12-7-10-5-8-3-1-2-4-9(8)6-11-10/h4-9H2,1-3H3,(H2,14,17);1-4,10-12H,5-7H2. The molecule has 1 aliphatic heterocycles. The first-order valence-corrected chi connectivity index (χ1v) is 10.8. The van der Waals surface area contributed by atoms with E-state index in [9.17, 15) is 4.79 Å². The van der Waals surface area contributed by atoms with E-state index in [1.54, 1.807) is 0 Å². The fourth-order valence-electron chi connectivity index (χ4n) is 3.61. The normalized spacial score (nSPS) is 15.4. The number of rotatable bonds is 8. The molecular formula is C23H36N4O2. The molecule has 1 atom stereocenters. The van der Waals surface area contributed by atoms with Crippen molar-refractivity contribution in [3.05, 3.63) is 52.3 Å². The lowest BCUT2D eigenvalue weighted by atomic mass is 9.96. The summed E-state index contributed by atoms with van der Waals surface area (Å²) in [4.78, 5) is 11.4. The highest BCUT2D eigenvalue weighted by Gasteiger charge is 2.18. The van der Waals surface area contributed by atoms with E-state index < -0.39 is 5.91 Å². The van der Waals surface area contributed by atoms with Crippen molar-refractivity contribution in [3.63, 3.8) is 0 Å². The minimum atomic E-state index is -0.408. The fraction of sp³-hybridized carbons (Fsp3) is 0.565. The summed E-state index contributed by atoms with van der Waals surface area (Å²) in [6.45, 7) is 8.30. The molecule has 3 rings (SSSR count). The Kier molecular flexibility index (Phi) is 9.35. The Balaban J connectivity index is 0.000000218. The van der Waals surface area contributed by atoms with Gasteiger partial charge in [0.1, 0.15) is 0 Å². The number of hydrogen-bond acceptors (Lipinski definition) is 4. The maximum absolute atomic E-state index is 11.4. The van der Waals surface area contributed by atoms with Crippen LogP contribution < -0.4 is 11.1 Å². The molecule has 0 saturated heterocycles. The van der Waals surface area contributed by atoms with Crippen LogP contribution in [0.25, 0.3) is 0 Å². The van der Waals surface area contributed by atoms with Crippen LogP contribution in [0.4, 0.5) is 0 Å². The number of aromatic nitrogens is 2. The third kappa shape index (κ3) is 6.41. The molecule has 0 bridgehead atoms. The molecule has 4 N–H and O–H groups in total. The van der Waals surface area contributed by atoms with Gasteiger partial charge in [0.05, 0.1) is 6.61 Å². The number of amides is 1. The summed E-state index contributed by atoms with van der Waals surface area (Å²) in [5.41, 5.74) is 10.7. The third-order valence-corrected chi connectivity index (χ3v) is 5.45. The number of primary amides is 1. The first-order chi connectivity index (χ1) is 14.0. The van der Waals surface area contributed by atoms with Crippen molar-refractivity contribution in [1.82, 2.24) is 15.1 Å². The van der Waals surface area contributed by atoms with E-state index in [2.05, 4.69) is 48.5 Å². The molecule has 160 valence electrons. The number of aliphatic hydroxyl groups excluding tert-OH is 1. The number of benzene rings is 1. The first kappa shape index (κ1) is 23.1. The van der Waals surface area contributed by atoms with E-state index >= 15 is 0 Å². The molecule has 0 radical (unpaired) electrons. The number of carbonyl (C=O) groups excluding carboxylic acids is 1. The van der Waals surface area contributed by atoms with Crippen molar-refractivity contribution in [2.45, 2.75) is 78.4 Å². The van der Waals surface area contributed by atoms with Crippen molar-refractivity contribution in [3.8, 4) is 0 Å². The number of fused-ring (bicyclic) bond motifs is 1. The summed E-state index contributed by atoms with van der Waals surface area (Å²) in [6, 6.07) is 8.63. The predicted octanol–water partition coefficient (Wildman–Crippen LogP) is 3.13. The second kappa shape index (κ2) is 11.7. The van der Waals surface area contributed by atoms with Crippen molar-refractivity contribution in [2.75, 3.05) is 6.61 Å². The van der Waals surface area contributed by atoms with Gasteiger partial charge in [-0.05, 0) is 43.7 Å². The van der Waals surface area contributed by atoms with E-state index in [4.69, 9.17) is 10.8 Å². The second-order valence-electron chi connectivity index (χ2n) is 7.69. The lowest BCUT2D eigenvalue weighted by molar-refractivity contribution is 0.0993. The van der Waals surface area contributed by atoms with Crippen LogP contribution in [-0.4, -0.2) is 33.4 Å². The number of hydrogen-bond donors (Lipinski definition) is 3. The number of nitrogens with zero attached hydrogens (tertiary/aromatic N) is 2. The van der Waals surface area contributed by atoms with Gasteiger partial charge in [0.25, 0.3) is 5.91 Å². The number of nitrogens with two attached hydrogens (primary N) is 1. The molecule has 2 heterocycles. The first-order valence-electron chi connectivity index (χ1n) is 10.8. The zero-order chi connectivity index (χ0) is 21.2. The van der Waals surface area contributed by atoms with Gasteiger partial charge in [0.2, 0.25) is 0 Å². The highest BCUT2D eigenvalue weighted by atomic mass is 16.3. The third-order valence-electron chi connectivity index (χ3n) is 5.45. The minimum Gasteiger partial charge on any atom is -0.395 e. The average molecular weight is 401 g/mol. The van der Waals surface area contributed by atoms with Gasteiger partial charge in [-0.15, -0.1) is 0 Å². The minimum absolute atomic E-state index is 0.230. The van der Waals surface area contributed by atoms with Gasteiger partial charge in [0, 0.05) is 30.4 Å². The van der Waals surface area contributed by atoms with Crippen LogP contribution in [0.1, 0.15) is 72.4 Å². The Morgan fingerprint density at radius 1 is 1.24 bits per heavy atom. The van der Waals surface area contributed by atoms with Crippen LogP contribution in [0, 0.1) is 6.92 Å². The fourth-order valence-corrected chi connectivity index (χ4v) is 3.61. The Hall–Kier alpha value is -2.18. The molecule has 1 aromatic heterocycles.